The van der Waals surface area contributed by atoms with Crippen LogP contribution in [0.2, 0.25) is 0 Å². The van der Waals surface area contributed by atoms with Gasteiger partial charge in [0.25, 0.3) is 0 Å². The highest BCUT2D eigenvalue weighted by Crippen LogP contribution is 2.35. The fourth-order valence-corrected chi connectivity index (χ4v) is 4.79. The zero-order valence-electron chi connectivity index (χ0n) is 18.3. The molecule has 0 unspecified atom stereocenters. The second-order valence-corrected chi connectivity index (χ2v) is 8.71. The number of rotatable bonds is 4. The summed E-state index contributed by atoms with van der Waals surface area (Å²) in [6.07, 6.45) is 6.49. The van der Waals surface area contributed by atoms with Gasteiger partial charge < -0.3 is 4.84 Å². The minimum absolute atomic E-state index is 0.246. The van der Waals surface area contributed by atoms with Gasteiger partial charge in [-0.15, -0.1) is 11.3 Å². The lowest BCUT2D eigenvalue weighted by molar-refractivity contribution is 0.179. The number of fused-ring (bicyclic) bond motifs is 1. The van der Waals surface area contributed by atoms with Crippen molar-refractivity contribution in [3.05, 3.63) is 89.5 Å². The summed E-state index contributed by atoms with van der Waals surface area (Å²) in [5, 5.41) is 5.35. The SMILES string of the molecule is Cc1nc(-c2cccnc2)sc1-c1ccc2c(n1)C(=NOCC#Cc1ccccc1)CCC2. The quantitative estimate of drug-likeness (QED) is 0.228. The third kappa shape index (κ3) is 4.84. The third-order valence-electron chi connectivity index (χ3n) is 5.37. The highest BCUT2D eigenvalue weighted by atomic mass is 32.1. The van der Waals surface area contributed by atoms with Crippen molar-refractivity contribution >= 4 is 17.0 Å². The molecule has 6 heteroatoms. The maximum absolute atomic E-state index is 5.54. The van der Waals surface area contributed by atoms with Gasteiger partial charge in [-0.3, -0.25) is 4.98 Å². The molecule has 0 radical (unpaired) electrons. The van der Waals surface area contributed by atoms with E-state index in [1.54, 1.807) is 17.5 Å². The fraction of sp³-hybridized carbons (Fsp3) is 0.185. The van der Waals surface area contributed by atoms with E-state index < -0.39 is 0 Å². The Balaban J connectivity index is 1.37. The predicted octanol–water partition coefficient (Wildman–Crippen LogP) is 5.68. The van der Waals surface area contributed by atoms with Crippen LogP contribution in [-0.2, 0) is 11.3 Å². The molecular formula is C27H22N4OS. The Morgan fingerprint density at radius 2 is 1.94 bits per heavy atom. The molecule has 0 N–H and O–H groups in total. The van der Waals surface area contributed by atoms with Crippen molar-refractivity contribution in [2.75, 3.05) is 6.61 Å². The molecule has 0 amide bonds. The van der Waals surface area contributed by atoms with Crippen LogP contribution in [0.4, 0.5) is 0 Å². The molecular weight excluding hydrogens is 428 g/mol. The van der Waals surface area contributed by atoms with Crippen LogP contribution in [0.3, 0.4) is 0 Å². The average molecular weight is 451 g/mol. The van der Waals surface area contributed by atoms with E-state index in [-0.39, 0.29) is 6.61 Å². The van der Waals surface area contributed by atoms with Crippen molar-refractivity contribution in [1.82, 2.24) is 15.0 Å². The first-order chi connectivity index (χ1) is 16.3. The van der Waals surface area contributed by atoms with Gasteiger partial charge in [-0.05, 0) is 62.1 Å². The number of nitrogens with zero attached hydrogens (tertiary/aromatic N) is 4. The monoisotopic (exact) mass is 450 g/mol. The fourth-order valence-electron chi connectivity index (χ4n) is 3.77. The van der Waals surface area contributed by atoms with E-state index in [9.17, 15) is 0 Å². The van der Waals surface area contributed by atoms with Crippen molar-refractivity contribution in [1.29, 1.82) is 0 Å². The lowest BCUT2D eigenvalue weighted by Crippen LogP contribution is -2.15. The standard InChI is InChI=1S/C27H22N4OS/c1-19-26(33-27(29-19)22-12-6-16-28-18-22)24-15-14-21-11-5-13-23(25(21)30-24)31-32-17-7-10-20-8-3-2-4-9-20/h2-4,6,8-9,12,14-16,18H,5,11,13,17H2,1H3. The van der Waals surface area contributed by atoms with E-state index in [0.717, 1.165) is 63.1 Å². The van der Waals surface area contributed by atoms with E-state index in [1.165, 1.54) is 5.56 Å². The van der Waals surface area contributed by atoms with Gasteiger partial charge in [0.1, 0.15) is 10.7 Å². The molecule has 0 saturated heterocycles. The Hall–Kier alpha value is -3.82. The van der Waals surface area contributed by atoms with E-state index >= 15 is 0 Å². The van der Waals surface area contributed by atoms with Crippen molar-refractivity contribution < 1.29 is 4.84 Å². The van der Waals surface area contributed by atoms with E-state index in [0.29, 0.717) is 0 Å². The summed E-state index contributed by atoms with van der Waals surface area (Å²) < 4.78 is 0. The van der Waals surface area contributed by atoms with Crippen LogP contribution in [0.5, 0.6) is 0 Å². The summed E-state index contributed by atoms with van der Waals surface area (Å²) in [4.78, 5) is 20.6. The molecule has 0 fully saturated rings. The summed E-state index contributed by atoms with van der Waals surface area (Å²) in [5.41, 5.74) is 6.87. The molecule has 33 heavy (non-hydrogen) atoms. The lowest BCUT2D eigenvalue weighted by Gasteiger charge is -2.17. The predicted molar refractivity (Wildman–Crippen MR) is 132 cm³/mol. The molecule has 0 spiro atoms. The van der Waals surface area contributed by atoms with Crippen molar-refractivity contribution in [2.45, 2.75) is 26.2 Å². The first-order valence-corrected chi connectivity index (χ1v) is 11.7. The molecule has 5 nitrogen and oxygen atoms in total. The van der Waals surface area contributed by atoms with Crippen LogP contribution < -0.4 is 0 Å². The Kier molecular flexibility index (Phi) is 6.23. The summed E-state index contributed by atoms with van der Waals surface area (Å²) in [5.74, 6) is 6.10. The van der Waals surface area contributed by atoms with Crippen LogP contribution in [0.1, 0.15) is 35.4 Å². The molecule has 4 aromatic rings. The summed E-state index contributed by atoms with van der Waals surface area (Å²) in [6, 6.07) is 18.1. The molecule has 1 aromatic carbocycles. The maximum Gasteiger partial charge on any atom is 0.177 e. The summed E-state index contributed by atoms with van der Waals surface area (Å²) in [6.45, 7) is 2.27. The number of benzene rings is 1. The van der Waals surface area contributed by atoms with Gasteiger partial charge in [-0.25, -0.2) is 9.97 Å². The molecule has 1 aliphatic rings. The minimum atomic E-state index is 0.246. The van der Waals surface area contributed by atoms with Crippen molar-refractivity contribution in [3.8, 4) is 33.0 Å². The first kappa shape index (κ1) is 21.0. The highest BCUT2D eigenvalue weighted by molar-refractivity contribution is 7.18. The second-order valence-electron chi connectivity index (χ2n) is 7.71. The lowest BCUT2D eigenvalue weighted by atomic mass is 9.94. The number of pyridine rings is 2. The molecule has 162 valence electrons. The Bertz CT molecular complexity index is 1350. The number of hydrogen-bond donors (Lipinski definition) is 0. The van der Waals surface area contributed by atoms with E-state index in [2.05, 4.69) is 34.1 Å². The van der Waals surface area contributed by atoms with Gasteiger partial charge in [0.2, 0.25) is 0 Å². The largest absolute Gasteiger partial charge is 0.382 e. The van der Waals surface area contributed by atoms with E-state index in [1.807, 2.05) is 55.6 Å². The molecule has 1 aliphatic carbocycles. The van der Waals surface area contributed by atoms with Crippen LogP contribution in [0.15, 0.2) is 72.1 Å². The first-order valence-electron chi connectivity index (χ1n) is 10.9. The van der Waals surface area contributed by atoms with Gasteiger partial charge in [-0.2, -0.15) is 0 Å². The smallest absolute Gasteiger partial charge is 0.177 e. The van der Waals surface area contributed by atoms with Gasteiger partial charge in [-0.1, -0.05) is 41.3 Å². The molecule has 5 rings (SSSR count). The molecule has 0 bridgehead atoms. The van der Waals surface area contributed by atoms with Gasteiger partial charge >= 0.3 is 0 Å². The molecule has 3 aromatic heterocycles. The maximum atomic E-state index is 5.54. The minimum Gasteiger partial charge on any atom is -0.382 e. The molecule has 3 heterocycles. The van der Waals surface area contributed by atoms with Crippen LogP contribution >= 0.6 is 11.3 Å². The molecule has 0 aliphatic heterocycles. The van der Waals surface area contributed by atoms with Gasteiger partial charge in [0.15, 0.2) is 6.61 Å². The Labute approximate surface area is 197 Å². The number of oxime groups is 1. The highest BCUT2D eigenvalue weighted by Gasteiger charge is 2.20. The zero-order chi connectivity index (χ0) is 22.5. The van der Waals surface area contributed by atoms with E-state index in [4.69, 9.17) is 14.8 Å². The number of thiazole rings is 1. The normalized spacial score (nSPS) is 13.8. The summed E-state index contributed by atoms with van der Waals surface area (Å²) in [7, 11) is 0. The third-order valence-corrected chi connectivity index (χ3v) is 6.60. The van der Waals surface area contributed by atoms with Crippen LogP contribution in [0, 0.1) is 18.8 Å². The van der Waals surface area contributed by atoms with Crippen molar-refractivity contribution in [2.24, 2.45) is 5.16 Å². The van der Waals surface area contributed by atoms with Gasteiger partial charge in [0, 0.05) is 23.5 Å². The number of aryl methyl sites for hydroxylation is 2. The molecule has 0 atom stereocenters. The number of aromatic nitrogens is 3. The summed E-state index contributed by atoms with van der Waals surface area (Å²) >= 11 is 1.64. The van der Waals surface area contributed by atoms with Crippen LogP contribution in [0.25, 0.3) is 21.1 Å². The second kappa shape index (κ2) is 9.76. The Morgan fingerprint density at radius 1 is 1.03 bits per heavy atom. The topological polar surface area (TPSA) is 60.3 Å². The number of hydrogen-bond acceptors (Lipinski definition) is 6. The van der Waals surface area contributed by atoms with Crippen molar-refractivity contribution in [3.63, 3.8) is 0 Å². The van der Waals surface area contributed by atoms with Gasteiger partial charge in [0.05, 0.1) is 22.0 Å². The van der Waals surface area contributed by atoms with Crippen LogP contribution in [-0.4, -0.2) is 27.3 Å². The molecule has 0 saturated carbocycles. The zero-order valence-corrected chi connectivity index (χ0v) is 19.1. The Morgan fingerprint density at radius 3 is 2.79 bits per heavy atom. The average Bonchev–Trinajstić information content (AvgIpc) is 3.26.